The normalized spacial score (nSPS) is 15.8. The Bertz CT molecular complexity index is 1030. The van der Waals surface area contributed by atoms with Gasteiger partial charge in [-0.3, -0.25) is 19.5 Å². The topological polar surface area (TPSA) is 120 Å². The van der Waals surface area contributed by atoms with Gasteiger partial charge in [-0.1, -0.05) is 29.8 Å². The summed E-state index contributed by atoms with van der Waals surface area (Å²) in [6.45, 7) is 0.644. The van der Waals surface area contributed by atoms with E-state index in [-0.39, 0.29) is 24.3 Å². The number of nitrogens with zero attached hydrogens (tertiary/aromatic N) is 2. The number of hydrogen-bond donors (Lipinski definition) is 2. The van der Waals surface area contributed by atoms with Gasteiger partial charge in [0, 0.05) is 12.6 Å². The first-order valence-electron chi connectivity index (χ1n) is 10.8. The van der Waals surface area contributed by atoms with Crippen LogP contribution in [0.5, 0.6) is 11.5 Å². The van der Waals surface area contributed by atoms with E-state index in [0.29, 0.717) is 25.8 Å². The van der Waals surface area contributed by atoms with Crippen LogP contribution in [0.4, 0.5) is 0 Å². The van der Waals surface area contributed by atoms with Gasteiger partial charge in [0.1, 0.15) is 11.5 Å². The lowest BCUT2D eigenvalue weighted by atomic mass is 9.85. The Balaban J connectivity index is 1.82. The molecule has 33 heavy (non-hydrogen) atoms. The quantitative estimate of drug-likeness (QED) is 0.248. The van der Waals surface area contributed by atoms with Gasteiger partial charge in [0.2, 0.25) is 5.91 Å². The Hall–Kier alpha value is -3.81. The maximum atomic E-state index is 13.5. The fourth-order valence-electron chi connectivity index (χ4n) is 3.82. The summed E-state index contributed by atoms with van der Waals surface area (Å²) >= 11 is 0. The Morgan fingerprint density at radius 2 is 1.52 bits per heavy atom. The monoisotopic (exact) mass is 450 g/mol. The summed E-state index contributed by atoms with van der Waals surface area (Å²) in [6.07, 6.45) is 3.28. The van der Waals surface area contributed by atoms with Crippen LogP contribution in [0.2, 0.25) is 0 Å². The van der Waals surface area contributed by atoms with E-state index in [2.05, 4.69) is 4.99 Å². The van der Waals surface area contributed by atoms with Crippen LogP contribution in [0.25, 0.3) is 0 Å². The second kappa shape index (κ2) is 11.2. The van der Waals surface area contributed by atoms with Gasteiger partial charge in [0.05, 0.1) is 26.7 Å². The number of rotatable bonds is 10. The lowest BCUT2D eigenvalue weighted by molar-refractivity contribution is -0.146. The molecule has 8 heteroatoms. The van der Waals surface area contributed by atoms with Crippen molar-refractivity contribution >= 4 is 17.8 Å². The van der Waals surface area contributed by atoms with E-state index in [1.807, 2.05) is 48.5 Å². The minimum atomic E-state index is -0.437. The zero-order chi connectivity index (χ0) is 23.8. The van der Waals surface area contributed by atoms with Crippen molar-refractivity contribution in [3.05, 3.63) is 71.3 Å². The van der Waals surface area contributed by atoms with Gasteiger partial charge >= 0.3 is 0 Å². The number of carbonyl (C=O) groups is 2. The molecule has 0 radical (unpaired) electrons. The van der Waals surface area contributed by atoms with Gasteiger partial charge in [0.25, 0.3) is 5.91 Å². The highest BCUT2D eigenvalue weighted by molar-refractivity contribution is 6.06. The van der Waals surface area contributed by atoms with Crippen LogP contribution in [-0.2, 0) is 22.6 Å². The van der Waals surface area contributed by atoms with E-state index in [0.717, 1.165) is 28.2 Å². The zero-order valence-electron chi connectivity index (χ0n) is 19.0. The molecule has 0 fully saturated rings. The molecule has 0 spiro atoms. The second-order valence-electron chi connectivity index (χ2n) is 7.84. The molecule has 8 nitrogen and oxygen atoms in total. The fraction of sp³-hybridized carbons (Fsp3) is 0.320. The van der Waals surface area contributed by atoms with Crippen LogP contribution < -0.4 is 20.9 Å². The summed E-state index contributed by atoms with van der Waals surface area (Å²) in [7, 11) is 3.20. The summed E-state index contributed by atoms with van der Waals surface area (Å²) in [5.74, 6) is 0.548. The highest BCUT2D eigenvalue weighted by Crippen LogP contribution is 2.29. The van der Waals surface area contributed by atoms with E-state index in [9.17, 15) is 9.59 Å². The standard InChI is InChI=1S/C25H30N4O4/c1-32-20-9-5-17(6-10-20)14-22-19(4-3-13-28-25(26)27)15-23(30)29(24(22)31)16-18-7-11-21(33-2)12-8-18/h5-12,15,22H,3-4,13-14,16H2,1-2H3,(H4,26,27,28). The summed E-state index contributed by atoms with van der Waals surface area (Å²) in [5, 5.41) is 0. The Kier molecular flexibility index (Phi) is 8.07. The number of hydrogen-bond acceptors (Lipinski definition) is 5. The molecule has 2 aromatic carbocycles. The molecule has 0 saturated heterocycles. The van der Waals surface area contributed by atoms with Gasteiger partial charge in [-0.15, -0.1) is 0 Å². The van der Waals surface area contributed by atoms with Crippen molar-refractivity contribution in [2.75, 3.05) is 20.8 Å². The first-order valence-corrected chi connectivity index (χ1v) is 10.8. The third kappa shape index (κ3) is 6.35. The average molecular weight is 451 g/mol. The molecule has 2 aromatic rings. The molecule has 3 rings (SSSR count). The summed E-state index contributed by atoms with van der Waals surface area (Å²) in [4.78, 5) is 31.7. The molecule has 1 unspecified atom stereocenters. The van der Waals surface area contributed by atoms with Crippen LogP contribution in [0, 0.1) is 5.92 Å². The molecular weight excluding hydrogens is 420 g/mol. The molecule has 0 saturated carbocycles. The van der Waals surface area contributed by atoms with Gasteiger partial charge in [0.15, 0.2) is 5.96 Å². The first kappa shape index (κ1) is 23.8. The minimum Gasteiger partial charge on any atom is -0.497 e. The minimum absolute atomic E-state index is 0.0280. The number of amides is 2. The Morgan fingerprint density at radius 1 is 0.939 bits per heavy atom. The van der Waals surface area contributed by atoms with Crippen LogP contribution in [0.1, 0.15) is 24.0 Å². The van der Waals surface area contributed by atoms with Crippen molar-refractivity contribution in [2.45, 2.75) is 25.8 Å². The first-order chi connectivity index (χ1) is 15.9. The lowest BCUT2D eigenvalue weighted by Gasteiger charge is -2.31. The molecule has 4 N–H and O–H groups in total. The lowest BCUT2D eigenvalue weighted by Crippen LogP contribution is -2.44. The molecule has 1 atom stereocenters. The summed E-state index contributed by atoms with van der Waals surface area (Å²) < 4.78 is 10.4. The van der Waals surface area contributed by atoms with Crippen molar-refractivity contribution in [3.63, 3.8) is 0 Å². The highest BCUT2D eigenvalue weighted by Gasteiger charge is 2.35. The fourth-order valence-corrected chi connectivity index (χ4v) is 3.82. The summed E-state index contributed by atoms with van der Waals surface area (Å²) in [5.41, 5.74) is 13.4. The molecular formula is C25H30N4O4. The van der Waals surface area contributed by atoms with E-state index >= 15 is 0 Å². The van der Waals surface area contributed by atoms with E-state index in [1.54, 1.807) is 20.3 Å². The molecule has 1 aliphatic heterocycles. The number of benzene rings is 2. The number of nitrogens with two attached hydrogens (primary N) is 2. The number of guanidine groups is 1. The third-order valence-corrected chi connectivity index (χ3v) is 5.60. The molecule has 0 bridgehead atoms. The van der Waals surface area contributed by atoms with Crippen LogP contribution in [-0.4, -0.2) is 43.4 Å². The molecule has 1 heterocycles. The van der Waals surface area contributed by atoms with Gasteiger partial charge in [-0.2, -0.15) is 0 Å². The number of imide groups is 1. The van der Waals surface area contributed by atoms with E-state index < -0.39 is 5.92 Å². The molecule has 2 amide bonds. The largest absolute Gasteiger partial charge is 0.497 e. The Labute approximate surface area is 193 Å². The average Bonchev–Trinajstić information content (AvgIpc) is 2.82. The molecule has 0 aliphatic carbocycles. The maximum absolute atomic E-state index is 13.5. The number of carbonyl (C=O) groups excluding carboxylic acids is 2. The van der Waals surface area contributed by atoms with Gasteiger partial charge in [-0.05, 0) is 54.7 Å². The van der Waals surface area contributed by atoms with Crippen molar-refractivity contribution < 1.29 is 19.1 Å². The van der Waals surface area contributed by atoms with Crippen molar-refractivity contribution in [2.24, 2.45) is 22.4 Å². The number of methoxy groups -OCH3 is 2. The predicted molar refractivity (Wildman–Crippen MR) is 127 cm³/mol. The highest BCUT2D eigenvalue weighted by atomic mass is 16.5. The number of aliphatic imine (C=N–C) groups is 1. The molecule has 0 aromatic heterocycles. The third-order valence-electron chi connectivity index (χ3n) is 5.60. The predicted octanol–water partition coefficient (Wildman–Crippen LogP) is 2.41. The maximum Gasteiger partial charge on any atom is 0.253 e. The molecule has 1 aliphatic rings. The van der Waals surface area contributed by atoms with E-state index in [1.165, 1.54) is 4.90 Å². The smallest absolute Gasteiger partial charge is 0.253 e. The van der Waals surface area contributed by atoms with Crippen LogP contribution in [0.15, 0.2) is 65.2 Å². The Morgan fingerprint density at radius 3 is 2.06 bits per heavy atom. The van der Waals surface area contributed by atoms with Crippen molar-refractivity contribution in [1.29, 1.82) is 0 Å². The summed E-state index contributed by atoms with van der Waals surface area (Å²) in [6, 6.07) is 14.9. The van der Waals surface area contributed by atoms with Crippen molar-refractivity contribution in [3.8, 4) is 11.5 Å². The van der Waals surface area contributed by atoms with Crippen LogP contribution >= 0.6 is 0 Å². The van der Waals surface area contributed by atoms with Crippen molar-refractivity contribution in [1.82, 2.24) is 4.90 Å². The van der Waals surface area contributed by atoms with Gasteiger partial charge in [-0.25, -0.2) is 0 Å². The van der Waals surface area contributed by atoms with E-state index in [4.69, 9.17) is 20.9 Å². The van der Waals surface area contributed by atoms with Crippen LogP contribution in [0.3, 0.4) is 0 Å². The second-order valence-corrected chi connectivity index (χ2v) is 7.84. The van der Waals surface area contributed by atoms with Gasteiger partial charge < -0.3 is 20.9 Å². The molecule has 174 valence electrons. The number of ether oxygens (including phenoxy) is 2. The SMILES string of the molecule is COc1ccc(CC2C(=O)N(Cc3ccc(OC)cc3)C(=O)C=C2CCCN=C(N)N)cc1. The zero-order valence-corrected chi connectivity index (χ0v) is 19.0.